The molecule has 170 valence electrons. The second-order valence-corrected chi connectivity index (χ2v) is 9.14. The van der Waals surface area contributed by atoms with E-state index in [4.69, 9.17) is 4.74 Å². The summed E-state index contributed by atoms with van der Waals surface area (Å²) in [5, 5.41) is 0.612. The molecule has 2 heterocycles. The van der Waals surface area contributed by atoms with Crippen molar-refractivity contribution >= 4 is 32.7 Å². The largest absolute Gasteiger partial charge is 0.468 e. The minimum Gasteiger partial charge on any atom is -0.468 e. The highest BCUT2D eigenvalue weighted by Crippen LogP contribution is 2.31. The summed E-state index contributed by atoms with van der Waals surface area (Å²) in [7, 11) is -2.62. The van der Waals surface area contributed by atoms with Gasteiger partial charge in [-0.1, -0.05) is 24.3 Å². The SMILES string of the molecule is COC(=O)Cn1c(C)c(Cc2ccccc2S(=O)(=O)Nc2ccccn2)c2cc(F)ccc21. The first-order valence-electron chi connectivity index (χ1n) is 10.2. The standard InChI is InChI=1S/C24H22FN3O4S/c1-16-19(20-14-18(25)10-11-21(20)28(16)15-24(29)32-2)13-17-7-3-4-8-22(17)33(30,31)27-23-9-5-6-12-26-23/h3-12,14H,13,15H2,1-2H3,(H,26,27). The minimum atomic E-state index is -3.92. The number of esters is 1. The van der Waals surface area contributed by atoms with Crippen molar-refractivity contribution < 1.29 is 22.3 Å². The number of nitrogens with zero attached hydrogens (tertiary/aromatic N) is 2. The number of aromatic nitrogens is 2. The zero-order valence-corrected chi connectivity index (χ0v) is 18.9. The molecular formula is C24H22FN3O4S. The topological polar surface area (TPSA) is 90.3 Å². The van der Waals surface area contributed by atoms with Gasteiger partial charge in [-0.15, -0.1) is 0 Å². The third-order valence-electron chi connectivity index (χ3n) is 5.46. The van der Waals surface area contributed by atoms with Crippen LogP contribution in [0.2, 0.25) is 0 Å². The summed E-state index contributed by atoms with van der Waals surface area (Å²) < 4.78 is 49.4. The molecule has 4 aromatic rings. The van der Waals surface area contributed by atoms with Crippen molar-refractivity contribution in [1.82, 2.24) is 9.55 Å². The molecule has 0 aliphatic heterocycles. The molecule has 0 fully saturated rings. The molecule has 0 atom stereocenters. The van der Waals surface area contributed by atoms with Gasteiger partial charge >= 0.3 is 5.97 Å². The second-order valence-electron chi connectivity index (χ2n) is 7.49. The van der Waals surface area contributed by atoms with Gasteiger partial charge in [0, 0.05) is 29.2 Å². The van der Waals surface area contributed by atoms with Crippen LogP contribution in [0.4, 0.5) is 10.2 Å². The maximum absolute atomic E-state index is 14.1. The normalized spacial score (nSPS) is 11.5. The number of carbonyl (C=O) groups excluding carboxylic acids is 1. The van der Waals surface area contributed by atoms with E-state index in [0.29, 0.717) is 16.5 Å². The average molecular weight is 468 g/mol. The number of fused-ring (bicyclic) bond motifs is 1. The summed E-state index contributed by atoms with van der Waals surface area (Å²) >= 11 is 0. The lowest BCUT2D eigenvalue weighted by Gasteiger charge is -2.12. The van der Waals surface area contributed by atoms with Gasteiger partial charge in [0.2, 0.25) is 0 Å². The highest BCUT2D eigenvalue weighted by molar-refractivity contribution is 7.92. The quantitative estimate of drug-likeness (QED) is 0.414. The van der Waals surface area contributed by atoms with E-state index < -0.39 is 21.8 Å². The van der Waals surface area contributed by atoms with Crippen LogP contribution in [-0.2, 0) is 32.5 Å². The number of hydrogen-bond donors (Lipinski definition) is 1. The molecule has 2 aromatic carbocycles. The Morgan fingerprint density at radius 1 is 1.12 bits per heavy atom. The number of halogens is 1. The molecule has 0 unspecified atom stereocenters. The second kappa shape index (κ2) is 9.03. The Hall–Kier alpha value is -3.72. The maximum atomic E-state index is 14.1. The number of rotatable bonds is 7. The van der Waals surface area contributed by atoms with E-state index in [1.54, 1.807) is 47.0 Å². The van der Waals surface area contributed by atoms with Crippen LogP contribution in [-0.4, -0.2) is 31.0 Å². The summed E-state index contributed by atoms with van der Waals surface area (Å²) in [6.07, 6.45) is 1.72. The molecule has 0 saturated carbocycles. The zero-order chi connectivity index (χ0) is 23.6. The number of ether oxygens (including phenoxy) is 1. The van der Waals surface area contributed by atoms with Crippen LogP contribution in [0.5, 0.6) is 0 Å². The van der Waals surface area contributed by atoms with Crippen LogP contribution < -0.4 is 4.72 Å². The van der Waals surface area contributed by atoms with Crippen molar-refractivity contribution in [1.29, 1.82) is 0 Å². The molecule has 7 nitrogen and oxygen atoms in total. The monoisotopic (exact) mass is 467 g/mol. The fourth-order valence-corrected chi connectivity index (χ4v) is 5.11. The van der Waals surface area contributed by atoms with Gasteiger partial charge in [-0.05, 0) is 54.4 Å². The Morgan fingerprint density at radius 2 is 1.88 bits per heavy atom. The van der Waals surface area contributed by atoms with E-state index in [1.807, 2.05) is 6.92 Å². The van der Waals surface area contributed by atoms with Crippen molar-refractivity contribution in [3.8, 4) is 0 Å². The Labute approximate surface area is 190 Å². The average Bonchev–Trinajstić information content (AvgIpc) is 3.04. The van der Waals surface area contributed by atoms with Crippen molar-refractivity contribution in [2.75, 3.05) is 11.8 Å². The number of benzene rings is 2. The van der Waals surface area contributed by atoms with E-state index in [9.17, 15) is 17.6 Å². The molecule has 33 heavy (non-hydrogen) atoms. The van der Waals surface area contributed by atoms with E-state index in [2.05, 4.69) is 9.71 Å². The molecule has 4 rings (SSSR count). The van der Waals surface area contributed by atoms with E-state index in [-0.39, 0.29) is 23.7 Å². The lowest BCUT2D eigenvalue weighted by atomic mass is 10.0. The fourth-order valence-electron chi connectivity index (χ4n) is 3.86. The number of sulfonamides is 1. The van der Waals surface area contributed by atoms with Gasteiger partial charge in [-0.2, -0.15) is 0 Å². The van der Waals surface area contributed by atoms with Gasteiger partial charge < -0.3 is 9.30 Å². The van der Waals surface area contributed by atoms with Crippen LogP contribution in [0.1, 0.15) is 16.8 Å². The van der Waals surface area contributed by atoms with E-state index >= 15 is 0 Å². The third-order valence-corrected chi connectivity index (χ3v) is 6.92. The first-order chi connectivity index (χ1) is 15.8. The highest BCUT2D eigenvalue weighted by atomic mass is 32.2. The van der Waals surface area contributed by atoms with Crippen LogP contribution in [0.25, 0.3) is 10.9 Å². The van der Waals surface area contributed by atoms with Crippen molar-refractivity contribution in [2.45, 2.75) is 24.8 Å². The van der Waals surface area contributed by atoms with Crippen LogP contribution >= 0.6 is 0 Å². The fraction of sp³-hybridized carbons (Fsp3) is 0.167. The summed E-state index contributed by atoms with van der Waals surface area (Å²) in [6.45, 7) is 1.78. The van der Waals surface area contributed by atoms with Crippen LogP contribution in [0.3, 0.4) is 0 Å². The van der Waals surface area contributed by atoms with Gasteiger partial charge in [0.1, 0.15) is 18.2 Å². The number of nitrogens with one attached hydrogen (secondary N) is 1. The predicted octanol–water partition coefficient (Wildman–Crippen LogP) is 4.05. The summed E-state index contributed by atoms with van der Waals surface area (Å²) in [6, 6.07) is 15.9. The zero-order valence-electron chi connectivity index (χ0n) is 18.1. The lowest BCUT2D eigenvalue weighted by molar-refractivity contribution is -0.141. The summed E-state index contributed by atoms with van der Waals surface area (Å²) in [5.74, 6) is -0.648. The summed E-state index contributed by atoms with van der Waals surface area (Å²) in [5.41, 5.74) is 2.66. The van der Waals surface area contributed by atoms with Crippen LogP contribution in [0.15, 0.2) is 71.8 Å². The molecule has 0 saturated heterocycles. The molecule has 0 bridgehead atoms. The smallest absolute Gasteiger partial charge is 0.325 e. The van der Waals surface area contributed by atoms with Gasteiger partial charge in [0.25, 0.3) is 10.0 Å². The number of anilines is 1. The molecule has 0 amide bonds. The lowest BCUT2D eigenvalue weighted by Crippen LogP contribution is -2.16. The number of pyridine rings is 1. The highest BCUT2D eigenvalue weighted by Gasteiger charge is 2.22. The molecule has 2 aromatic heterocycles. The van der Waals surface area contributed by atoms with Gasteiger partial charge in [-0.3, -0.25) is 9.52 Å². The Bertz CT molecular complexity index is 1430. The first kappa shape index (κ1) is 22.5. The van der Waals surface area contributed by atoms with Gasteiger partial charge in [0.15, 0.2) is 0 Å². The molecule has 0 aliphatic carbocycles. The first-order valence-corrected chi connectivity index (χ1v) is 11.6. The number of methoxy groups -OCH3 is 1. The van der Waals surface area contributed by atoms with Crippen LogP contribution in [0, 0.1) is 12.7 Å². The molecule has 0 radical (unpaired) electrons. The van der Waals surface area contributed by atoms with Gasteiger partial charge in [0.05, 0.1) is 12.0 Å². The van der Waals surface area contributed by atoms with E-state index in [0.717, 1.165) is 11.3 Å². The van der Waals surface area contributed by atoms with Crippen molar-refractivity contribution in [3.05, 3.63) is 89.5 Å². The van der Waals surface area contributed by atoms with Crippen molar-refractivity contribution in [2.24, 2.45) is 0 Å². The van der Waals surface area contributed by atoms with E-state index in [1.165, 1.54) is 31.5 Å². The number of carbonyl (C=O) groups is 1. The Kier molecular flexibility index (Phi) is 6.15. The Balaban J connectivity index is 1.79. The minimum absolute atomic E-state index is 0.0361. The summed E-state index contributed by atoms with van der Waals surface area (Å²) in [4.78, 5) is 16.1. The number of hydrogen-bond acceptors (Lipinski definition) is 5. The molecular weight excluding hydrogens is 445 g/mol. The molecule has 9 heteroatoms. The third kappa shape index (κ3) is 4.58. The molecule has 1 N–H and O–H groups in total. The molecule has 0 spiro atoms. The Morgan fingerprint density at radius 3 is 2.61 bits per heavy atom. The maximum Gasteiger partial charge on any atom is 0.325 e. The molecule has 0 aliphatic rings. The van der Waals surface area contributed by atoms with Gasteiger partial charge in [-0.25, -0.2) is 17.8 Å². The van der Waals surface area contributed by atoms with Crippen molar-refractivity contribution in [3.63, 3.8) is 0 Å². The predicted molar refractivity (Wildman–Crippen MR) is 123 cm³/mol.